The van der Waals surface area contributed by atoms with E-state index in [0.717, 1.165) is 0 Å². The van der Waals surface area contributed by atoms with Gasteiger partial charge in [0.1, 0.15) is 0 Å². The average molecular weight is 249 g/mol. The third-order valence-electron chi connectivity index (χ3n) is 4.44. The molecular weight excluding hydrogens is 230 g/mol. The van der Waals surface area contributed by atoms with E-state index >= 15 is 0 Å². The molecule has 96 valence electrons. The molecule has 1 nitrogen and oxygen atoms in total. The van der Waals surface area contributed by atoms with Crippen LogP contribution in [0.4, 0.5) is 5.69 Å². The van der Waals surface area contributed by atoms with Crippen LogP contribution in [0.2, 0.25) is 0 Å². The highest BCUT2D eigenvalue weighted by molar-refractivity contribution is 5.73. The second-order valence-electron chi connectivity index (χ2n) is 5.70. The Balaban J connectivity index is 1.88. The van der Waals surface area contributed by atoms with Gasteiger partial charge in [0.05, 0.1) is 0 Å². The maximum atomic E-state index is 2.60. The summed E-state index contributed by atoms with van der Waals surface area (Å²) >= 11 is 0. The van der Waals surface area contributed by atoms with Crippen LogP contribution in [-0.2, 0) is 12.8 Å². The number of hydrogen-bond donors (Lipinski definition) is 0. The summed E-state index contributed by atoms with van der Waals surface area (Å²) in [6, 6.07) is 15.6. The minimum absolute atomic E-state index is 1.25. The van der Waals surface area contributed by atoms with Crippen LogP contribution in [0, 0.1) is 0 Å². The van der Waals surface area contributed by atoms with Crippen LogP contribution in [0.3, 0.4) is 0 Å². The van der Waals surface area contributed by atoms with Crippen molar-refractivity contribution in [3.63, 3.8) is 0 Å². The quantitative estimate of drug-likeness (QED) is 0.737. The first-order valence-electron chi connectivity index (χ1n) is 7.38. The van der Waals surface area contributed by atoms with E-state index in [2.05, 4.69) is 47.4 Å². The highest BCUT2D eigenvalue weighted by Crippen LogP contribution is 2.38. The molecule has 2 aromatic rings. The summed E-state index contributed by atoms with van der Waals surface area (Å²) in [5.74, 6) is 0. The molecule has 2 aromatic carbocycles. The van der Waals surface area contributed by atoms with E-state index in [1.807, 2.05) is 0 Å². The summed E-state index contributed by atoms with van der Waals surface area (Å²) < 4.78 is 0. The molecule has 0 amide bonds. The van der Waals surface area contributed by atoms with Crippen molar-refractivity contribution in [3.8, 4) is 11.1 Å². The van der Waals surface area contributed by atoms with Crippen LogP contribution in [0.5, 0.6) is 0 Å². The molecule has 0 saturated carbocycles. The third kappa shape index (κ3) is 1.85. The lowest BCUT2D eigenvalue weighted by Crippen LogP contribution is -2.34. The van der Waals surface area contributed by atoms with Crippen molar-refractivity contribution in [1.82, 2.24) is 0 Å². The Labute approximate surface area is 114 Å². The number of nitrogens with zero attached hydrogens (tertiary/aromatic N) is 1. The first-order chi connectivity index (χ1) is 9.42. The first kappa shape index (κ1) is 11.1. The zero-order valence-corrected chi connectivity index (χ0v) is 11.2. The van der Waals surface area contributed by atoms with Gasteiger partial charge < -0.3 is 4.90 Å². The fourth-order valence-electron chi connectivity index (χ4n) is 3.60. The van der Waals surface area contributed by atoms with Gasteiger partial charge in [-0.25, -0.2) is 0 Å². The van der Waals surface area contributed by atoms with Crippen LogP contribution in [0.25, 0.3) is 11.1 Å². The fraction of sp³-hybridized carbons (Fsp3) is 0.333. The fourth-order valence-corrected chi connectivity index (χ4v) is 3.60. The maximum absolute atomic E-state index is 2.60. The molecule has 0 aliphatic carbocycles. The molecule has 0 saturated heterocycles. The van der Waals surface area contributed by atoms with Gasteiger partial charge in [0, 0.05) is 18.8 Å². The smallest absolute Gasteiger partial charge is 0.0431 e. The molecule has 0 atom stereocenters. The molecule has 2 aliphatic heterocycles. The Morgan fingerprint density at radius 1 is 0.737 bits per heavy atom. The van der Waals surface area contributed by atoms with Crippen LogP contribution in [0.1, 0.15) is 24.0 Å². The summed E-state index contributed by atoms with van der Waals surface area (Å²) in [6.07, 6.45) is 5.12. The predicted octanol–water partition coefficient (Wildman–Crippen LogP) is 4.05. The van der Waals surface area contributed by atoms with Crippen molar-refractivity contribution in [2.45, 2.75) is 25.7 Å². The van der Waals surface area contributed by atoms with Gasteiger partial charge >= 0.3 is 0 Å². The molecule has 0 spiro atoms. The lowest BCUT2D eigenvalue weighted by atomic mass is 9.88. The van der Waals surface area contributed by atoms with Crippen LogP contribution < -0.4 is 4.90 Å². The third-order valence-corrected chi connectivity index (χ3v) is 4.44. The summed E-state index contributed by atoms with van der Waals surface area (Å²) in [6.45, 7) is 2.51. The van der Waals surface area contributed by atoms with Crippen LogP contribution in [-0.4, -0.2) is 13.1 Å². The Kier molecular flexibility index (Phi) is 2.58. The van der Waals surface area contributed by atoms with Crippen molar-refractivity contribution in [2.24, 2.45) is 0 Å². The van der Waals surface area contributed by atoms with Gasteiger partial charge in [-0.3, -0.25) is 0 Å². The van der Waals surface area contributed by atoms with Gasteiger partial charge in [0.15, 0.2) is 0 Å². The number of hydrogen-bond acceptors (Lipinski definition) is 1. The summed E-state index contributed by atoms with van der Waals surface area (Å²) in [7, 11) is 0. The Morgan fingerprint density at radius 3 is 2.00 bits per heavy atom. The van der Waals surface area contributed by atoms with E-state index in [1.165, 1.54) is 49.9 Å². The summed E-state index contributed by atoms with van der Waals surface area (Å²) in [4.78, 5) is 2.60. The van der Waals surface area contributed by atoms with E-state index in [9.17, 15) is 0 Å². The first-order valence-corrected chi connectivity index (χ1v) is 7.38. The van der Waals surface area contributed by atoms with Crippen LogP contribution >= 0.6 is 0 Å². The molecule has 2 heterocycles. The Hall–Kier alpha value is -1.76. The normalized spacial score (nSPS) is 17.2. The minimum Gasteiger partial charge on any atom is -0.371 e. The highest BCUT2D eigenvalue weighted by Gasteiger charge is 2.24. The van der Waals surface area contributed by atoms with E-state index < -0.39 is 0 Å². The van der Waals surface area contributed by atoms with Crippen molar-refractivity contribution in [2.75, 3.05) is 18.0 Å². The monoisotopic (exact) mass is 249 g/mol. The second-order valence-corrected chi connectivity index (χ2v) is 5.70. The summed E-state index contributed by atoms with van der Waals surface area (Å²) in [5, 5.41) is 0. The van der Waals surface area contributed by atoms with Gasteiger partial charge in [0.25, 0.3) is 0 Å². The van der Waals surface area contributed by atoms with Gasteiger partial charge in [-0.1, -0.05) is 30.3 Å². The largest absolute Gasteiger partial charge is 0.371 e. The highest BCUT2D eigenvalue weighted by atomic mass is 15.1. The lowest BCUT2D eigenvalue weighted by Gasteiger charge is -2.37. The topological polar surface area (TPSA) is 3.24 Å². The van der Waals surface area contributed by atoms with Gasteiger partial charge in [-0.05, 0) is 60.1 Å². The van der Waals surface area contributed by atoms with Crippen molar-refractivity contribution in [1.29, 1.82) is 0 Å². The minimum atomic E-state index is 1.25. The standard InChI is InChI=1S/C18H19N/c1-2-6-14(7-3-1)17-12-15-8-4-10-19-11-5-9-16(13-17)18(15)19/h1-3,6-7,12-13H,4-5,8-11H2. The molecule has 2 aliphatic rings. The molecule has 0 aromatic heterocycles. The molecule has 0 fully saturated rings. The van der Waals surface area contributed by atoms with E-state index in [4.69, 9.17) is 0 Å². The molecule has 1 heteroatoms. The average Bonchev–Trinajstić information content (AvgIpc) is 2.49. The number of rotatable bonds is 1. The van der Waals surface area contributed by atoms with Crippen molar-refractivity contribution < 1.29 is 0 Å². The molecule has 0 unspecified atom stereocenters. The molecule has 0 bridgehead atoms. The van der Waals surface area contributed by atoms with Crippen molar-refractivity contribution >= 4 is 5.69 Å². The molecular formula is C18H19N. The zero-order valence-electron chi connectivity index (χ0n) is 11.2. The Bertz CT molecular complexity index is 569. The second kappa shape index (κ2) is 4.41. The van der Waals surface area contributed by atoms with E-state index in [0.29, 0.717) is 0 Å². The number of anilines is 1. The van der Waals surface area contributed by atoms with E-state index in [1.54, 1.807) is 16.8 Å². The van der Waals surface area contributed by atoms with Gasteiger partial charge in [-0.15, -0.1) is 0 Å². The number of aryl methyl sites for hydroxylation is 2. The summed E-state index contributed by atoms with van der Waals surface area (Å²) in [5.41, 5.74) is 7.46. The molecule has 0 radical (unpaired) electrons. The SMILES string of the molecule is c1ccc(-c2cc3c4c(c2)CCCN4CCC3)cc1. The maximum Gasteiger partial charge on any atom is 0.0431 e. The molecule has 4 rings (SSSR count). The number of benzene rings is 2. The molecule has 19 heavy (non-hydrogen) atoms. The Morgan fingerprint density at radius 2 is 1.37 bits per heavy atom. The van der Waals surface area contributed by atoms with Gasteiger partial charge in [0.2, 0.25) is 0 Å². The van der Waals surface area contributed by atoms with Gasteiger partial charge in [-0.2, -0.15) is 0 Å². The van der Waals surface area contributed by atoms with Crippen LogP contribution in [0.15, 0.2) is 42.5 Å². The molecule has 0 N–H and O–H groups in total. The lowest BCUT2D eigenvalue weighted by molar-refractivity contribution is 0.634. The van der Waals surface area contributed by atoms with E-state index in [-0.39, 0.29) is 0 Å². The zero-order chi connectivity index (χ0) is 12.7. The van der Waals surface area contributed by atoms with Crippen molar-refractivity contribution in [3.05, 3.63) is 53.6 Å². The predicted molar refractivity (Wildman–Crippen MR) is 80.7 cm³/mol.